The average Bonchev–Trinajstić information content (AvgIpc) is 3.24. The van der Waals surface area contributed by atoms with Gasteiger partial charge in [-0.15, -0.1) is 0 Å². The number of carbonyl (C=O) groups is 1. The Bertz CT molecular complexity index is 1170. The maximum Gasteiger partial charge on any atom is 0.417 e. The first-order valence-corrected chi connectivity index (χ1v) is 12.8. The minimum absolute atomic E-state index is 0.0707. The highest BCUT2D eigenvalue weighted by atomic mass is 32.2. The van der Waals surface area contributed by atoms with Gasteiger partial charge in [-0.1, -0.05) is 39.5 Å². The van der Waals surface area contributed by atoms with Crippen molar-refractivity contribution >= 4 is 21.6 Å². The molecule has 2 aromatic heterocycles. The zero-order chi connectivity index (χ0) is 25.1. The molecular formula is C23H28F3N3O4S. The van der Waals surface area contributed by atoms with Crippen LogP contribution in [-0.2, 0) is 20.8 Å². The topological polar surface area (TPSA) is 98.1 Å². The molecule has 11 heteroatoms. The second kappa shape index (κ2) is 10.3. The van der Waals surface area contributed by atoms with Crippen LogP contribution >= 0.6 is 0 Å². The van der Waals surface area contributed by atoms with E-state index in [9.17, 15) is 31.2 Å². The predicted molar refractivity (Wildman–Crippen MR) is 121 cm³/mol. The first kappa shape index (κ1) is 25.9. The molecule has 2 heterocycles. The Kier molecular flexibility index (Phi) is 7.84. The van der Waals surface area contributed by atoms with Gasteiger partial charge in [0.1, 0.15) is 11.9 Å². The summed E-state index contributed by atoms with van der Waals surface area (Å²) in [5.41, 5.74) is -1.58. The largest absolute Gasteiger partial charge is 0.417 e. The third kappa shape index (κ3) is 6.46. The average molecular weight is 500 g/mol. The molecule has 0 saturated heterocycles. The van der Waals surface area contributed by atoms with Gasteiger partial charge < -0.3 is 9.88 Å². The summed E-state index contributed by atoms with van der Waals surface area (Å²) in [4.78, 5) is 29.6. The van der Waals surface area contributed by atoms with Gasteiger partial charge in [-0.05, 0) is 36.5 Å². The van der Waals surface area contributed by atoms with Gasteiger partial charge >= 0.3 is 6.18 Å². The van der Waals surface area contributed by atoms with E-state index in [4.69, 9.17) is 0 Å². The Hall–Kier alpha value is -2.69. The Balaban J connectivity index is 1.88. The number of rotatable bonds is 8. The van der Waals surface area contributed by atoms with E-state index in [1.54, 1.807) is 13.8 Å². The van der Waals surface area contributed by atoms with Gasteiger partial charge in [0.25, 0.3) is 5.56 Å². The standard InChI is InChI=1S/C23H28F3N3O4S/c1-15(2)14-34(32,33)18-9-10-29(21(30)12-18)19(11-16-5-3-4-6-16)22(31)28-20-8-7-17(13-27-20)23(24,25)26/h7-10,12-13,15-16,19H,3-6,11,14H2,1-2H3,(H,27,28,31)/t19-/m0/s1. The summed E-state index contributed by atoms with van der Waals surface area (Å²) >= 11 is 0. The first-order chi connectivity index (χ1) is 15.9. The summed E-state index contributed by atoms with van der Waals surface area (Å²) in [5, 5.41) is 2.50. The van der Waals surface area contributed by atoms with Crippen LogP contribution in [0.1, 0.15) is 57.6 Å². The second-order valence-corrected chi connectivity index (χ2v) is 11.1. The maximum absolute atomic E-state index is 13.1. The van der Waals surface area contributed by atoms with Crippen LogP contribution in [0.15, 0.2) is 46.3 Å². The lowest BCUT2D eigenvalue weighted by molar-refractivity contribution is -0.137. The number of carbonyl (C=O) groups excluding carboxylic acids is 1. The molecule has 3 rings (SSSR count). The molecule has 0 aromatic carbocycles. The SMILES string of the molecule is CC(C)CS(=O)(=O)c1ccn([C@@H](CC2CCCC2)C(=O)Nc2ccc(C(F)(F)F)cn2)c(=O)c1. The number of halogens is 3. The van der Waals surface area contributed by atoms with E-state index in [0.29, 0.717) is 12.6 Å². The van der Waals surface area contributed by atoms with E-state index < -0.39 is 39.1 Å². The molecule has 1 saturated carbocycles. The van der Waals surface area contributed by atoms with Crippen LogP contribution in [0.5, 0.6) is 0 Å². The van der Waals surface area contributed by atoms with Crippen molar-refractivity contribution < 1.29 is 26.4 Å². The Morgan fingerprint density at radius 3 is 2.41 bits per heavy atom. The Labute approximate surface area is 196 Å². The van der Waals surface area contributed by atoms with Gasteiger partial charge in [0, 0.05) is 18.5 Å². The Morgan fingerprint density at radius 1 is 1.21 bits per heavy atom. The molecule has 0 bridgehead atoms. The molecule has 0 unspecified atom stereocenters. The minimum atomic E-state index is -4.55. The third-order valence-electron chi connectivity index (χ3n) is 5.84. The molecule has 0 aliphatic heterocycles. The van der Waals surface area contributed by atoms with Gasteiger partial charge in [0.15, 0.2) is 9.84 Å². The van der Waals surface area contributed by atoms with Crippen molar-refractivity contribution in [2.45, 2.75) is 63.1 Å². The number of hydrogen-bond donors (Lipinski definition) is 1. The van der Waals surface area contributed by atoms with Crippen LogP contribution in [0.2, 0.25) is 0 Å². The van der Waals surface area contributed by atoms with Crippen molar-refractivity contribution in [1.82, 2.24) is 9.55 Å². The molecule has 2 aromatic rings. The highest BCUT2D eigenvalue weighted by Crippen LogP contribution is 2.33. The summed E-state index contributed by atoms with van der Waals surface area (Å²) in [6.45, 7) is 3.52. The number of nitrogens with one attached hydrogen (secondary N) is 1. The molecular weight excluding hydrogens is 471 g/mol. The number of hydrogen-bond acceptors (Lipinski definition) is 5. The third-order valence-corrected chi connectivity index (χ3v) is 7.92. The lowest BCUT2D eigenvalue weighted by Crippen LogP contribution is -2.34. The van der Waals surface area contributed by atoms with E-state index >= 15 is 0 Å². The number of alkyl halides is 3. The number of amides is 1. The van der Waals surface area contributed by atoms with E-state index in [2.05, 4.69) is 10.3 Å². The molecule has 1 atom stereocenters. The van der Waals surface area contributed by atoms with Crippen molar-refractivity contribution in [2.75, 3.05) is 11.1 Å². The van der Waals surface area contributed by atoms with Gasteiger partial charge in [-0.3, -0.25) is 9.59 Å². The van der Waals surface area contributed by atoms with Crippen molar-refractivity contribution in [1.29, 1.82) is 0 Å². The molecule has 1 N–H and O–H groups in total. The highest BCUT2D eigenvalue weighted by Gasteiger charge is 2.31. The number of pyridine rings is 2. The molecule has 186 valence electrons. The predicted octanol–water partition coefficient (Wildman–Crippen LogP) is 4.45. The summed E-state index contributed by atoms with van der Waals surface area (Å²) in [5.74, 6) is -0.697. The van der Waals surface area contributed by atoms with Crippen LogP contribution < -0.4 is 10.9 Å². The van der Waals surface area contributed by atoms with Crippen molar-refractivity contribution in [3.05, 3.63) is 52.6 Å². The summed E-state index contributed by atoms with van der Waals surface area (Å²) in [7, 11) is -3.65. The van der Waals surface area contributed by atoms with Crippen molar-refractivity contribution in [3.63, 3.8) is 0 Å². The molecule has 1 fully saturated rings. The zero-order valence-electron chi connectivity index (χ0n) is 19.0. The van der Waals surface area contributed by atoms with Gasteiger partial charge in [-0.25, -0.2) is 13.4 Å². The number of nitrogens with zero attached hydrogens (tertiary/aromatic N) is 2. The van der Waals surface area contributed by atoms with Gasteiger partial charge in [0.2, 0.25) is 5.91 Å². The number of sulfone groups is 1. The molecule has 1 amide bonds. The minimum Gasteiger partial charge on any atom is -0.309 e. The van der Waals surface area contributed by atoms with E-state index in [1.165, 1.54) is 16.8 Å². The molecule has 0 radical (unpaired) electrons. The van der Waals surface area contributed by atoms with Crippen LogP contribution in [0, 0.1) is 11.8 Å². The second-order valence-electron chi connectivity index (χ2n) is 9.10. The summed E-state index contributed by atoms with van der Waals surface area (Å²) < 4.78 is 64.6. The zero-order valence-corrected chi connectivity index (χ0v) is 19.8. The molecule has 1 aliphatic carbocycles. The smallest absolute Gasteiger partial charge is 0.309 e. The normalized spacial score (nSPS) is 16.1. The molecule has 1 aliphatic rings. The Morgan fingerprint density at radius 2 is 1.88 bits per heavy atom. The summed E-state index contributed by atoms with van der Waals surface area (Å²) in [6.07, 6.45) is 1.56. The van der Waals surface area contributed by atoms with Crippen LogP contribution in [0.25, 0.3) is 0 Å². The van der Waals surface area contributed by atoms with Gasteiger partial charge in [0.05, 0.1) is 16.2 Å². The highest BCUT2D eigenvalue weighted by molar-refractivity contribution is 7.91. The van der Waals surface area contributed by atoms with Crippen LogP contribution in [-0.4, -0.2) is 29.6 Å². The summed E-state index contributed by atoms with van der Waals surface area (Å²) in [6, 6.07) is 3.24. The van der Waals surface area contributed by atoms with E-state index in [0.717, 1.165) is 43.9 Å². The lowest BCUT2D eigenvalue weighted by atomic mass is 9.97. The number of aromatic nitrogens is 2. The van der Waals surface area contributed by atoms with E-state index in [-0.39, 0.29) is 28.3 Å². The molecule has 0 spiro atoms. The molecule has 7 nitrogen and oxygen atoms in total. The number of anilines is 1. The first-order valence-electron chi connectivity index (χ1n) is 11.2. The van der Waals surface area contributed by atoms with Crippen LogP contribution in [0.3, 0.4) is 0 Å². The fraction of sp³-hybridized carbons (Fsp3) is 0.522. The van der Waals surface area contributed by atoms with Crippen molar-refractivity contribution in [2.24, 2.45) is 11.8 Å². The monoisotopic (exact) mass is 499 g/mol. The van der Waals surface area contributed by atoms with Crippen LogP contribution in [0.4, 0.5) is 19.0 Å². The maximum atomic E-state index is 13.1. The van der Waals surface area contributed by atoms with Crippen molar-refractivity contribution in [3.8, 4) is 0 Å². The fourth-order valence-corrected chi connectivity index (χ4v) is 5.83. The molecule has 34 heavy (non-hydrogen) atoms. The van der Waals surface area contributed by atoms with E-state index in [1.807, 2.05) is 0 Å². The quantitative estimate of drug-likeness (QED) is 0.579. The van der Waals surface area contributed by atoms with Gasteiger partial charge in [-0.2, -0.15) is 13.2 Å². The fourth-order valence-electron chi connectivity index (χ4n) is 4.21. The lowest BCUT2D eigenvalue weighted by Gasteiger charge is -2.22.